The van der Waals surface area contributed by atoms with E-state index in [1.807, 2.05) is 6.26 Å². The van der Waals surface area contributed by atoms with Gasteiger partial charge in [-0.2, -0.15) is 11.8 Å². The molecular weight excluding hydrogens is 422 g/mol. The summed E-state index contributed by atoms with van der Waals surface area (Å²) in [4.78, 5) is 46.8. The number of carbonyl (C=O) groups is 4. The first-order chi connectivity index (χ1) is 13.9. The number of imidazole rings is 1. The van der Waals surface area contributed by atoms with Crippen molar-refractivity contribution in [3.63, 3.8) is 0 Å². The van der Waals surface area contributed by atoms with Crippen LogP contribution in [0.15, 0.2) is 12.5 Å². The van der Waals surface area contributed by atoms with Crippen LogP contribution >= 0.6 is 11.8 Å². The molecule has 14 heteroatoms. The third-order valence-electron chi connectivity index (χ3n) is 3.24. The fourth-order valence-corrected chi connectivity index (χ4v) is 1.98. The smallest absolute Gasteiger partial charge is 0.320 e. The standard InChI is InChI=1S/C6H9N3O2.C5H9NO4.C5H11NO2S/c7-5(6(10)11)1-4-2-8-3-9-4;6-3(5(9)10)1-2-4(7)8;1-9-3-2-4(6)5(7)8/h2-3,5H,1,7H2,(H,8,9)(H,10,11);3H,1-2,6H2,(H,7,8)(H,9,10);4H,2-3,6H2,1H3,(H,7,8). The number of nitrogens with zero attached hydrogens (tertiary/aromatic N) is 1. The van der Waals surface area contributed by atoms with Gasteiger partial charge in [0.25, 0.3) is 0 Å². The van der Waals surface area contributed by atoms with Gasteiger partial charge in [0.05, 0.1) is 12.0 Å². The quantitative estimate of drug-likeness (QED) is 0.196. The number of nitrogens with one attached hydrogen (secondary N) is 1. The molecule has 0 aliphatic rings. The molecule has 0 aliphatic heterocycles. The van der Waals surface area contributed by atoms with Gasteiger partial charge in [0.1, 0.15) is 18.1 Å². The highest BCUT2D eigenvalue weighted by atomic mass is 32.2. The van der Waals surface area contributed by atoms with Gasteiger partial charge in [0.15, 0.2) is 0 Å². The van der Waals surface area contributed by atoms with Crippen molar-refractivity contribution in [2.75, 3.05) is 12.0 Å². The van der Waals surface area contributed by atoms with E-state index >= 15 is 0 Å². The number of carboxylic acid groups (broad SMARTS) is 4. The first-order valence-electron chi connectivity index (χ1n) is 8.55. The number of hydrogen-bond acceptors (Lipinski definition) is 9. The van der Waals surface area contributed by atoms with Crippen molar-refractivity contribution < 1.29 is 39.6 Å². The number of carboxylic acids is 4. The Bertz CT molecular complexity index is 644. The summed E-state index contributed by atoms with van der Waals surface area (Å²) in [5.41, 5.74) is 16.1. The molecule has 0 aromatic carbocycles. The SMILES string of the molecule is CSCCC(N)C(=O)O.NC(CCC(=O)O)C(=O)O.NC(Cc1c[nH]cn1)C(=O)O. The molecule has 0 saturated heterocycles. The average Bonchev–Trinajstić information content (AvgIpc) is 3.17. The number of H-pyrrole nitrogens is 1. The minimum absolute atomic E-state index is 0.0231. The number of aliphatic carboxylic acids is 4. The second-order valence-electron chi connectivity index (χ2n) is 5.81. The number of hydrogen-bond donors (Lipinski definition) is 8. The van der Waals surface area contributed by atoms with Gasteiger partial charge in [-0.05, 0) is 24.9 Å². The van der Waals surface area contributed by atoms with E-state index in [1.54, 1.807) is 18.0 Å². The molecular formula is C16H29N5O8S. The Morgan fingerprint density at radius 3 is 1.83 bits per heavy atom. The number of nitrogens with two attached hydrogens (primary N) is 3. The Labute approximate surface area is 177 Å². The zero-order chi connectivity index (χ0) is 23.7. The fourth-order valence-electron chi connectivity index (χ4n) is 1.49. The van der Waals surface area contributed by atoms with Gasteiger partial charge in [0.2, 0.25) is 0 Å². The maximum Gasteiger partial charge on any atom is 0.320 e. The molecule has 13 nitrogen and oxygen atoms in total. The molecule has 0 spiro atoms. The average molecular weight is 452 g/mol. The third kappa shape index (κ3) is 17.4. The lowest BCUT2D eigenvalue weighted by Gasteiger charge is -2.02. The van der Waals surface area contributed by atoms with E-state index in [9.17, 15) is 19.2 Å². The summed E-state index contributed by atoms with van der Waals surface area (Å²) in [6.45, 7) is 0. The summed E-state index contributed by atoms with van der Waals surface area (Å²) in [6.07, 6.45) is 5.63. The Kier molecular flexibility index (Phi) is 16.9. The lowest BCUT2D eigenvalue weighted by molar-refractivity contribution is -0.140. The molecule has 3 unspecified atom stereocenters. The second-order valence-corrected chi connectivity index (χ2v) is 6.80. The van der Waals surface area contributed by atoms with E-state index < -0.39 is 42.0 Å². The first-order valence-corrected chi connectivity index (χ1v) is 9.95. The summed E-state index contributed by atoms with van der Waals surface area (Å²) < 4.78 is 0. The molecule has 172 valence electrons. The number of aromatic nitrogens is 2. The molecule has 0 amide bonds. The van der Waals surface area contributed by atoms with Crippen LogP contribution in [-0.4, -0.2) is 84.4 Å². The van der Waals surface area contributed by atoms with E-state index in [1.165, 1.54) is 6.33 Å². The number of aromatic amines is 1. The van der Waals surface area contributed by atoms with Gasteiger partial charge in [-0.15, -0.1) is 0 Å². The Balaban J connectivity index is 0. The van der Waals surface area contributed by atoms with Gasteiger partial charge < -0.3 is 42.6 Å². The summed E-state index contributed by atoms with van der Waals surface area (Å²) in [5, 5.41) is 33.0. The van der Waals surface area contributed by atoms with Crippen LogP contribution in [0, 0.1) is 0 Å². The molecule has 3 atom stereocenters. The molecule has 1 aromatic rings. The first kappa shape index (κ1) is 29.5. The van der Waals surface area contributed by atoms with Gasteiger partial charge >= 0.3 is 23.9 Å². The maximum atomic E-state index is 10.3. The van der Waals surface area contributed by atoms with Crippen LogP contribution in [0.25, 0.3) is 0 Å². The minimum atomic E-state index is -1.17. The zero-order valence-electron chi connectivity index (χ0n) is 16.4. The summed E-state index contributed by atoms with van der Waals surface area (Å²) in [5.74, 6) is -3.30. The van der Waals surface area contributed by atoms with Crippen molar-refractivity contribution in [3.8, 4) is 0 Å². The Morgan fingerprint density at radius 1 is 0.967 bits per heavy atom. The molecule has 0 radical (unpaired) electrons. The largest absolute Gasteiger partial charge is 0.481 e. The minimum Gasteiger partial charge on any atom is -0.481 e. The zero-order valence-corrected chi connectivity index (χ0v) is 17.2. The van der Waals surface area contributed by atoms with Gasteiger partial charge in [-0.1, -0.05) is 0 Å². The van der Waals surface area contributed by atoms with Crippen LogP contribution in [0.2, 0.25) is 0 Å². The second kappa shape index (κ2) is 17.2. The van der Waals surface area contributed by atoms with E-state index in [-0.39, 0.29) is 19.3 Å². The lowest BCUT2D eigenvalue weighted by atomic mass is 10.2. The van der Waals surface area contributed by atoms with Crippen molar-refractivity contribution in [2.24, 2.45) is 17.2 Å². The van der Waals surface area contributed by atoms with Crippen molar-refractivity contribution in [2.45, 2.75) is 43.8 Å². The number of rotatable bonds is 11. The molecule has 1 heterocycles. The molecule has 11 N–H and O–H groups in total. The summed E-state index contributed by atoms with van der Waals surface area (Å²) >= 11 is 1.60. The molecule has 0 fully saturated rings. The predicted octanol–water partition coefficient (Wildman–Crippen LogP) is -1.22. The van der Waals surface area contributed by atoms with Crippen molar-refractivity contribution in [1.82, 2.24) is 9.97 Å². The van der Waals surface area contributed by atoms with Crippen LogP contribution in [0.3, 0.4) is 0 Å². The fraction of sp³-hybridized carbons (Fsp3) is 0.562. The topological polar surface area (TPSA) is 256 Å². The van der Waals surface area contributed by atoms with Crippen molar-refractivity contribution in [1.29, 1.82) is 0 Å². The Morgan fingerprint density at radius 2 is 1.47 bits per heavy atom. The molecule has 0 saturated carbocycles. The van der Waals surface area contributed by atoms with E-state index in [0.717, 1.165) is 5.75 Å². The lowest BCUT2D eigenvalue weighted by Crippen LogP contribution is -2.32. The number of thioether (sulfide) groups is 1. The Hall–Kier alpha value is -2.68. The van der Waals surface area contributed by atoms with Gasteiger partial charge in [-0.25, -0.2) is 4.98 Å². The summed E-state index contributed by atoms with van der Waals surface area (Å²) in [7, 11) is 0. The van der Waals surface area contributed by atoms with Gasteiger partial charge in [0, 0.05) is 19.0 Å². The van der Waals surface area contributed by atoms with Crippen molar-refractivity contribution in [3.05, 3.63) is 18.2 Å². The predicted molar refractivity (Wildman–Crippen MR) is 109 cm³/mol. The molecule has 30 heavy (non-hydrogen) atoms. The molecule has 1 rings (SSSR count). The van der Waals surface area contributed by atoms with Crippen LogP contribution in [0.5, 0.6) is 0 Å². The van der Waals surface area contributed by atoms with Crippen LogP contribution in [-0.2, 0) is 25.6 Å². The maximum absolute atomic E-state index is 10.3. The van der Waals surface area contributed by atoms with E-state index in [4.69, 9.17) is 37.6 Å². The highest BCUT2D eigenvalue weighted by Gasteiger charge is 2.13. The van der Waals surface area contributed by atoms with E-state index in [0.29, 0.717) is 12.1 Å². The monoisotopic (exact) mass is 451 g/mol. The molecule has 0 aliphatic carbocycles. The van der Waals surface area contributed by atoms with Gasteiger partial charge in [-0.3, -0.25) is 19.2 Å². The summed E-state index contributed by atoms with van der Waals surface area (Å²) in [6, 6.07) is -2.60. The van der Waals surface area contributed by atoms with Crippen LogP contribution in [0.1, 0.15) is 25.0 Å². The third-order valence-corrected chi connectivity index (χ3v) is 3.88. The highest BCUT2D eigenvalue weighted by molar-refractivity contribution is 7.98. The van der Waals surface area contributed by atoms with E-state index in [2.05, 4.69) is 9.97 Å². The van der Waals surface area contributed by atoms with Crippen molar-refractivity contribution >= 4 is 35.6 Å². The normalized spacial score (nSPS) is 12.8. The van der Waals surface area contributed by atoms with Crippen LogP contribution in [0.4, 0.5) is 0 Å². The molecule has 0 bridgehead atoms. The van der Waals surface area contributed by atoms with Crippen LogP contribution < -0.4 is 17.2 Å². The highest BCUT2D eigenvalue weighted by Crippen LogP contribution is 1.98. The molecule has 1 aromatic heterocycles.